The zero-order valence-electron chi connectivity index (χ0n) is 36.1. The highest BCUT2D eigenvalue weighted by Gasteiger charge is 2.77. The molecule has 5 N–H and O–H groups in total. The number of hydrogen-bond acceptors (Lipinski definition) is 7. The van der Waals surface area contributed by atoms with Crippen molar-refractivity contribution in [1.82, 2.24) is 10.2 Å². The summed E-state index contributed by atoms with van der Waals surface area (Å²) in [7, 11) is 0. The first-order valence-electron chi connectivity index (χ1n) is 21.9. The SMILES string of the molecule is CC1(C)CCC2(CC1)N([C@H](c1ccccc1)[C@@H](O)c1ccccc1)[C@@H](C(=O)NC1CCC(O)CC1)[C@H](c1cc(Cl)cc(NC(=O)OC(C)(C)C)c1)[C@]21C(=O)Nc2cc(Cl)ccc21. The molecule has 4 aromatic rings. The molecule has 2 aliphatic carbocycles. The second-order valence-electron chi connectivity index (χ2n) is 19.6. The van der Waals surface area contributed by atoms with Gasteiger partial charge in [-0.05, 0) is 130 Å². The van der Waals surface area contributed by atoms with Gasteiger partial charge in [0, 0.05) is 38.9 Å². The number of nitrogens with one attached hydrogen (secondary N) is 3. The Balaban J connectivity index is 1.45. The molecular formula is C50H58Cl2N4O6. The van der Waals surface area contributed by atoms with Crippen molar-refractivity contribution in [2.45, 2.75) is 139 Å². The summed E-state index contributed by atoms with van der Waals surface area (Å²) in [5, 5.41) is 33.8. The van der Waals surface area contributed by atoms with Crippen LogP contribution in [-0.4, -0.2) is 62.3 Å². The fourth-order valence-corrected chi connectivity index (χ4v) is 11.6. The third-order valence-electron chi connectivity index (χ3n) is 13.9. The highest BCUT2D eigenvalue weighted by molar-refractivity contribution is 6.31. The van der Waals surface area contributed by atoms with Crippen molar-refractivity contribution in [3.63, 3.8) is 0 Å². The monoisotopic (exact) mass is 880 g/mol. The molecule has 5 atom stereocenters. The molecule has 0 aromatic heterocycles. The summed E-state index contributed by atoms with van der Waals surface area (Å²) >= 11 is 13.7. The Morgan fingerprint density at radius 1 is 0.839 bits per heavy atom. The number of carbonyl (C=O) groups excluding carboxylic acids is 3. The Morgan fingerprint density at radius 3 is 2.10 bits per heavy atom. The molecule has 1 saturated heterocycles. The minimum atomic E-state index is -1.45. The Morgan fingerprint density at radius 2 is 1.47 bits per heavy atom. The number of anilines is 2. The normalized spacial score (nSPS) is 26.4. The van der Waals surface area contributed by atoms with Gasteiger partial charge in [0.25, 0.3) is 0 Å². The van der Waals surface area contributed by atoms with Gasteiger partial charge in [-0.25, -0.2) is 4.79 Å². The third kappa shape index (κ3) is 8.13. The van der Waals surface area contributed by atoms with Gasteiger partial charge in [-0.2, -0.15) is 0 Å². The number of halogens is 2. The van der Waals surface area contributed by atoms with Gasteiger partial charge in [0.2, 0.25) is 11.8 Å². The van der Waals surface area contributed by atoms with Crippen LogP contribution in [-0.2, 0) is 19.7 Å². The molecule has 10 nitrogen and oxygen atoms in total. The first-order valence-corrected chi connectivity index (χ1v) is 22.6. The van der Waals surface area contributed by atoms with Crippen molar-refractivity contribution in [3.05, 3.63) is 129 Å². The molecule has 3 fully saturated rings. The Bertz CT molecular complexity index is 2300. The largest absolute Gasteiger partial charge is 0.444 e. The second kappa shape index (κ2) is 16.9. The van der Waals surface area contributed by atoms with E-state index in [0.29, 0.717) is 76.6 Å². The van der Waals surface area contributed by atoms with Crippen molar-refractivity contribution in [2.75, 3.05) is 10.6 Å². The zero-order valence-corrected chi connectivity index (χ0v) is 37.6. The minimum Gasteiger partial charge on any atom is -0.444 e. The molecule has 2 heterocycles. The van der Waals surface area contributed by atoms with Crippen LogP contribution in [0.4, 0.5) is 16.2 Å². The molecule has 0 unspecified atom stereocenters. The highest BCUT2D eigenvalue weighted by atomic mass is 35.5. The van der Waals surface area contributed by atoms with E-state index in [1.165, 1.54) is 0 Å². The molecular weight excluding hydrogens is 823 g/mol. The Hall–Kier alpha value is -4.45. The number of aliphatic hydroxyl groups excluding tert-OH is 2. The van der Waals surface area contributed by atoms with Crippen LogP contribution < -0.4 is 16.0 Å². The number of rotatable bonds is 8. The Labute approximate surface area is 374 Å². The lowest BCUT2D eigenvalue weighted by Crippen LogP contribution is -2.64. The van der Waals surface area contributed by atoms with Crippen molar-refractivity contribution in [3.8, 4) is 0 Å². The molecule has 2 saturated carbocycles. The average Bonchev–Trinajstić information content (AvgIpc) is 3.64. The van der Waals surface area contributed by atoms with Crippen LogP contribution in [0.1, 0.15) is 126 Å². The quantitative estimate of drug-likeness (QED) is 0.119. The molecule has 2 aliphatic heterocycles. The molecule has 62 heavy (non-hydrogen) atoms. The summed E-state index contributed by atoms with van der Waals surface area (Å²) in [5.41, 5.74) is 0.227. The van der Waals surface area contributed by atoms with Crippen LogP contribution in [0.5, 0.6) is 0 Å². The van der Waals surface area contributed by atoms with Crippen LogP contribution in [0.3, 0.4) is 0 Å². The van der Waals surface area contributed by atoms with Gasteiger partial charge in [-0.1, -0.05) is 104 Å². The molecule has 2 spiro atoms. The van der Waals surface area contributed by atoms with E-state index in [1.807, 2.05) is 66.7 Å². The number of aliphatic hydroxyl groups is 2. The first kappa shape index (κ1) is 44.2. The molecule has 8 rings (SSSR count). The maximum atomic E-state index is 16.0. The molecule has 328 valence electrons. The van der Waals surface area contributed by atoms with E-state index in [1.54, 1.807) is 51.1 Å². The lowest BCUT2D eigenvalue weighted by molar-refractivity contribution is -0.137. The van der Waals surface area contributed by atoms with Gasteiger partial charge in [0.05, 0.1) is 24.3 Å². The lowest BCUT2D eigenvalue weighted by atomic mass is 9.53. The summed E-state index contributed by atoms with van der Waals surface area (Å²) in [6, 6.07) is 27.8. The van der Waals surface area contributed by atoms with Crippen molar-refractivity contribution >= 4 is 52.5 Å². The first-order chi connectivity index (χ1) is 29.4. The molecule has 3 amide bonds. The molecule has 4 aromatic carbocycles. The van der Waals surface area contributed by atoms with Crippen molar-refractivity contribution in [1.29, 1.82) is 0 Å². The summed E-state index contributed by atoms with van der Waals surface area (Å²) < 4.78 is 5.65. The van der Waals surface area contributed by atoms with Gasteiger partial charge < -0.3 is 25.6 Å². The minimum absolute atomic E-state index is 0.0877. The summed E-state index contributed by atoms with van der Waals surface area (Å²) in [6.07, 6.45) is 2.51. The van der Waals surface area contributed by atoms with E-state index in [0.717, 1.165) is 18.4 Å². The van der Waals surface area contributed by atoms with Crippen LogP contribution in [0.2, 0.25) is 10.0 Å². The number of nitrogens with zero attached hydrogens (tertiary/aromatic N) is 1. The predicted octanol–water partition coefficient (Wildman–Crippen LogP) is 10.2. The average molecular weight is 882 g/mol. The van der Waals surface area contributed by atoms with E-state index in [4.69, 9.17) is 27.9 Å². The lowest BCUT2D eigenvalue weighted by Gasteiger charge is -2.56. The fourth-order valence-electron chi connectivity index (χ4n) is 11.1. The highest BCUT2D eigenvalue weighted by Crippen LogP contribution is 2.69. The van der Waals surface area contributed by atoms with Gasteiger partial charge in [0.1, 0.15) is 11.0 Å². The van der Waals surface area contributed by atoms with Gasteiger partial charge in [-0.15, -0.1) is 0 Å². The molecule has 12 heteroatoms. The van der Waals surface area contributed by atoms with E-state index >= 15 is 9.59 Å². The van der Waals surface area contributed by atoms with E-state index in [2.05, 4.69) is 34.7 Å². The number of benzene rings is 4. The van der Waals surface area contributed by atoms with Crippen LogP contribution in [0.25, 0.3) is 0 Å². The predicted molar refractivity (Wildman–Crippen MR) is 243 cm³/mol. The number of likely N-dealkylation sites (tertiary alicyclic amines) is 1. The zero-order chi connectivity index (χ0) is 44.2. The fraction of sp³-hybridized carbons (Fsp3) is 0.460. The van der Waals surface area contributed by atoms with Crippen LogP contribution in [0.15, 0.2) is 97.1 Å². The number of ether oxygens (including phenoxy) is 1. The van der Waals surface area contributed by atoms with Crippen LogP contribution in [0, 0.1) is 5.41 Å². The van der Waals surface area contributed by atoms with Gasteiger partial charge in [0.15, 0.2) is 0 Å². The number of carbonyl (C=O) groups is 3. The van der Waals surface area contributed by atoms with Crippen molar-refractivity contribution < 1.29 is 29.3 Å². The van der Waals surface area contributed by atoms with Crippen LogP contribution >= 0.6 is 23.2 Å². The second-order valence-corrected chi connectivity index (χ2v) is 20.5. The Kier molecular flexibility index (Phi) is 12.1. The smallest absolute Gasteiger partial charge is 0.412 e. The van der Waals surface area contributed by atoms with E-state index < -0.39 is 52.9 Å². The summed E-state index contributed by atoms with van der Waals surface area (Å²) in [4.78, 5) is 47.4. The summed E-state index contributed by atoms with van der Waals surface area (Å²) in [5.74, 6) is -1.49. The maximum absolute atomic E-state index is 16.0. The van der Waals surface area contributed by atoms with Gasteiger partial charge >= 0.3 is 6.09 Å². The topological polar surface area (TPSA) is 140 Å². The van der Waals surface area contributed by atoms with Gasteiger partial charge in [-0.3, -0.25) is 19.8 Å². The molecule has 0 radical (unpaired) electrons. The number of fused-ring (bicyclic) bond motifs is 3. The standard InChI is InChI=1S/C50H58Cl2N4O6/c1-47(2,3)62-46(61)54-36-27-32(26-34(52)28-36)40-42(44(59)53-35-17-19-37(57)20-18-35)56(41(30-12-8-6-9-13-30)43(58)31-14-10-7-11-15-31)49(24-22-48(4,5)23-25-49)50(40)38-21-16-33(51)29-39(38)55-45(50)60/h6-16,21,26-29,35,37,40-43,57-58H,17-20,22-25H2,1-5H3,(H,53,59)(H,54,61)(H,55,60)/t35?,37?,40-,41+,42+,43-,50+/m0/s1. The van der Waals surface area contributed by atoms with Crippen molar-refractivity contribution in [2.24, 2.45) is 5.41 Å². The maximum Gasteiger partial charge on any atom is 0.412 e. The molecule has 4 aliphatic rings. The van der Waals surface area contributed by atoms with E-state index in [9.17, 15) is 15.0 Å². The third-order valence-corrected chi connectivity index (χ3v) is 14.3. The molecule has 0 bridgehead atoms. The number of amides is 3. The number of hydrogen-bond donors (Lipinski definition) is 5. The van der Waals surface area contributed by atoms with E-state index in [-0.39, 0.29) is 23.3 Å². The summed E-state index contributed by atoms with van der Waals surface area (Å²) in [6.45, 7) is 9.83.